The van der Waals surface area contributed by atoms with E-state index < -0.39 is 32.4 Å². The number of ketones is 1. The minimum atomic E-state index is -5.90. The zero-order valence-electron chi connectivity index (χ0n) is 17.6. The first-order valence-electron chi connectivity index (χ1n) is 9.94. The third-order valence-electron chi connectivity index (χ3n) is 6.21. The Morgan fingerprint density at radius 1 is 0.875 bits per heavy atom. The van der Waals surface area contributed by atoms with Crippen molar-refractivity contribution < 1.29 is 30.6 Å². The van der Waals surface area contributed by atoms with Gasteiger partial charge in [-0.3, -0.25) is 4.79 Å². The monoisotopic (exact) mass is 462 g/mol. The molecule has 2 atom stereocenters. The first-order chi connectivity index (χ1) is 14.8. The fourth-order valence-electron chi connectivity index (χ4n) is 4.94. The highest BCUT2D eigenvalue weighted by Gasteiger charge is 2.61. The van der Waals surface area contributed by atoms with E-state index in [1.165, 1.54) is 6.08 Å². The van der Waals surface area contributed by atoms with Gasteiger partial charge in [-0.25, -0.2) is 0 Å². The highest BCUT2D eigenvalue weighted by molar-refractivity contribution is 7.87. The lowest BCUT2D eigenvalue weighted by Crippen LogP contribution is -2.53. The summed E-state index contributed by atoms with van der Waals surface area (Å²) in [5.74, 6) is -1.62. The smallest absolute Gasteiger partial charge is 0.380 e. The van der Waals surface area contributed by atoms with Gasteiger partial charge < -0.3 is 4.18 Å². The molecule has 8 heteroatoms. The minimum Gasteiger partial charge on any atom is -0.380 e. The second kappa shape index (κ2) is 7.07. The van der Waals surface area contributed by atoms with Crippen LogP contribution in [0.4, 0.5) is 13.2 Å². The van der Waals surface area contributed by atoms with Crippen LogP contribution in [-0.4, -0.2) is 19.7 Å². The predicted octanol–water partition coefficient (Wildman–Crippen LogP) is 5.59. The van der Waals surface area contributed by atoms with Crippen molar-refractivity contribution in [3.8, 4) is 0 Å². The number of carbonyl (C=O) groups is 1. The van der Waals surface area contributed by atoms with E-state index in [0.29, 0.717) is 16.7 Å². The van der Waals surface area contributed by atoms with Gasteiger partial charge in [0.1, 0.15) is 5.76 Å². The van der Waals surface area contributed by atoms with Crippen LogP contribution in [0.5, 0.6) is 0 Å². The van der Waals surface area contributed by atoms with E-state index in [9.17, 15) is 26.4 Å². The van der Waals surface area contributed by atoms with Crippen LogP contribution >= 0.6 is 0 Å². The maximum absolute atomic E-state index is 13.6. The van der Waals surface area contributed by atoms with E-state index >= 15 is 0 Å². The first kappa shape index (κ1) is 22.3. The molecule has 2 aromatic carbocycles. The Morgan fingerprint density at radius 3 is 1.88 bits per heavy atom. The Labute approximate surface area is 184 Å². The second-order valence-electron chi connectivity index (χ2n) is 8.74. The van der Waals surface area contributed by atoms with Crippen molar-refractivity contribution in [3.63, 3.8) is 0 Å². The molecule has 0 heterocycles. The fraction of sp³-hybridized carbons (Fsp3) is 0.292. The summed E-state index contributed by atoms with van der Waals surface area (Å²) >= 11 is 0. The number of allylic oxidation sites excluding steroid dienone is 3. The summed E-state index contributed by atoms with van der Waals surface area (Å²) in [5.41, 5.74) is -5.55. The Kier molecular flexibility index (Phi) is 4.93. The fourth-order valence-corrected chi connectivity index (χ4v) is 5.43. The van der Waals surface area contributed by atoms with E-state index in [2.05, 4.69) is 4.18 Å². The Morgan fingerprint density at radius 2 is 1.38 bits per heavy atom. The van der Waals surface area contributed by atoms with Gasteiger partial charge in [0, 0.05) is 5.41 Å². The van der Waals surface area contributed by atoms with Gasteiger partial charge in [0.05, 0.1) is 11.3 Å². The van der Waals surface area contributed by atoms with E-state index in [1.54, 1.807) is 63.2 Å². The van der Waals surface area contributed by atoms with Gasteiger partial charge in [-0.2, -0.15) is 21.6 Å². The normalized spacial score (nSPS) is 25.0. The summed E-state index contributed by atoms with van der Waals surface area (Å²) in [6.07, 6.45) is 1.24. The highest BCUT2D eigenvalue weighted by atomic mass is 32.2. The van der Waals surface area contributed by atoms with Crippen LogP contribution in [0.2, 0.25) is 0 Å². The van der Waals surface area contributed by atoms with E-state index in [-0.39, 0.29) is 11.5 Å². The van der Waals surface area contributed by atoms with Crippen LogP contribution in [0.15, 0.2) is 72.5 Å². The number of rotatable bonds is 4. The zero-order chi connectivity index (χ0) is 23.5. The largest absolute Gasteiger partial charge is 0.534 e. The average Bonchev–Trinajstić information content (AvgIpc) is 2.71. The molecular formula is C24H21F3O4S. The third kappa shape index (κ3) is 3.20. The molecule has 0 spiro atoms. The van der Waals surface area contributed by atoms with Gasteiger partial charge in [-0.15, -0.1) is 0 Å². The van der Waals surface area contributed by atoms with E-state index in [4.69, 9.17) is 0 Å². The van der Waals surface area contributed by atoms with E-state index in [0.717, 1.165) is 5.56 Å². The van der Waals surface area contributed by atoms with Crippen LogP contribution in [0.1, 0.15) is 31.9 Å². The molecule has 4 nitrogen and oxygen atoms in total. The van der Waals surface area contributed by atoms with Gasteiger partial charge in [0.15, 0.2) is 5.78 Å². The molecule has 0 radical (unpaired) electrons. The topological polar surface area (TPSA) is 60.4 Å². The molecule has 3 aliphatic rings. The number of carbonyl (C=O) groups excluding carboxylic acids is 1. The van der Waals surface area contributed by atoms with Crippen molar-refractivity contribution in [3.05, 3.63) is 83.6 Å². The van der Waals surface area contributed by atoms with Gasteiger partial charge >= 0.3 is 15.6 Å². The van der Waals surface area contributed by atoms with Crippen molar-refractivity contribution >= 4 is 27.0 Å². The predicted molar refractivity (Wildman–Crippen MR) is 114 cm³/mol. The maximum Gasteiger partial charge on any atom is 0.534 e. The van der Waals surface area contributed by atoms with Gasteiger partial charge in [0.2, 0.25) is 0 Å². The third-order valence-corrected chi connectivity index (χ3v) is 7.19. The lowest BCUT2D eigenvalue weighted by Gasteiger charge is -2.52. The molecule has 0 aromatic heterocycles. The van der Waals surface area contributed by atoms with E-state index in [1.807, 2.05) is 18.2 Å². The molecule has 0 saturated carbocycles. The van der Waals surface area contributed by atoms with Crippen molar-refractivity contribution in [1.82, 2.24) is 0 Å². The molecule has 2 bridgehead atoms. The van der Waals surface area contributed by atoms with Crippen molar-refractivity contribution in [1.29, 1.82) is 0 Å². The zero-order valence-corrected chi connectivity index (χ0v) is 18.4. The molecule has 0 N–H and O–H groups in total. The second-order valence-corrected chi connectivity index (χ2v) is 10.3. The number of hydrogen-bond donors (Lipinski definition) is 0. The molecule has 5 rings (SSSR count). The van der Waals surface area contributed by atoms with Crippen LogP contribution in [-0.2, 0) is 19.1 Å². The number of benzene rings is 2. The summed E-state index contributed by atoms with van der Waals surface area (Å²) in [5, 5.41) is 0. The Bertz CT molecular complexity index is 1240. The summed E-state index contributed by atoms with van der Waals surface area (Å²) in [6, 6.07) is 18.0. The number of halogens is 3. The SMILES string of the molecule is CC12C=C(OS(=O)(=O)C(F)(F)F)C(C(c3ccccc3)=C1c1ccccc1)C(C)(C)C2=O. The molecular weight excluding hydrogens is 441 g/mol. The standard InChI is InChI=1S/C24H21F3O4S/c1-22(2)20-17(31-32(29,30)24(25,26)27)14-23(3,21(22)28)19(16-12-8-5-9-13-16)18(20)15-10-6-4-7-11-15/h4-14,20H,1-3H3. The Hall–Kier alpha value is -2.87. The molecule has 0 amide bonds. The number of alkyl halides is 3. The number of fused-ring (bicyclic) bond motifs is 1. The summed E-state index contributed by atoms with van der Waals surface area (Å²) < 4.78 is 67.9. The molecule has 32 heavy (non-hydrogen) atoms. The van der Waals surface area contributed by atoms with Gasteiger partial charge in [-0.05, 0) is 35.3 Å². The van der Waals surface area contributed by atoms with Crippen molar-refractivity contribution in [2.24, 2.45) is 16.7 Å². The highest BCUT2D eigenvalue weighted by Crippen LogP contribution is 2.63. The summed E-state index contributed by atoms with van der Waals surface area (Å²) in [7, 11) is -5.90. The molecule has 168 valence electrons. The van der Waals surface area contributed by atoms with Crippen molar-refractivity contribution in [2.45, 2.75) is 26.3 Å². The quantitative estimate of drug-likeness (QED) is 0.439. The average molecular weight is 462 g/mol. The summed E-state index contributed by atoms with van der Waals surface area (Å²) in [6.45, 7) is 4.82. The van der Waals surface area contributed by atoms with Crippen LogP contribution < -0.4 is 0 Å². The molecule has 0 fully saturated rings. The van der Waals surface area contributed by atoms with Crippen molar-refractivity contribution in [2.75, 3.05) is 0 Å². The van der Waals surface area contributed by atoms with Crippen LogP contribution in [0, 0.1) is 16.7 Å². The minimum absolute atomic E-state index is 0.217. The molecule has 2 aromatic rings. The number of Topliss-reactive ketones (excluding diaryl/α,β-unsaturated/α-hetero) is 1. The molecule has 0 saturated heterocycles. The maximum atomic E-state index is 13.6. The molecule has 3 aliphatic carbocycles. The first-order valence-corrected chi connectivity index (χ1v) is 11.4. The lowest BCUT2D eigenvalue weighted by molar-refractivity contribution is -0.135. The molecule has 2 unspecified atom stereocenters. The van der Waals surface area contributed by atoms with Gasteiger partial charge in [-0.1, -0.05) is 74.5 Å². The summed E-state index contributed by atoms with van der Waals surface area (Å²) in [4.78, 5) is 13.6. The lowest BCUT2D eigenvalue weighted by atomic mass is 9.49. The molecule has 0 aliphatic heterocycles. The van der Waals surface area contributed by atoms with Crippen LogP contribution in [0.25, 0.3) is 11.1 Å². The Balaban J connectivity index is 2.04. The number of hydrogen-bond acceptors (Lipinski definition) is 4. The van der Waals surface area contributed by atoms with Crippen LogP contribution in [0.3, 0.4) is 0 Å². The van der Waals surface area contributed by atoms with Gasteiger partial charge in [0.25, 0.3) is 0 Å².